The van der Waals surface area contributed by atoms with Crippen LogP contribution in [-0.2, 0) is 29.2 Å². The van der Waals surface area contributed by atoms with Crippen LogP contribution in [0.3, 0.4) is 0 Å². The Hall–Kier alpha value is -1.04. The topological polar surface area (TPSA) is 78.0 Å². The molecule has 0 amide bonds. The van der Waals surface area contributed by atoms with Gasteiger partial charge in [0.2, 0.25) is 0 Å². The lowest BCUT2D eigenvalue weighted by Crippen LogP contribution is -2.16. The van der Waals surface area contributed by atoms with Crippen LogP contribution in [0.5, 0.6) is 0 Å². The van der Waals surface area contributed by atoms with Crippen molar-refractivity contribution in [3.05, 3.63) is 11.3 Å². The van der Waals surface area contributed by atoms with Gasteiger partial charge in [-0.15, -0.1) is 0 Å². The Kier molecular flexibility index (Phi) is 3.42. The van der Waals surface area contributed by atoms with E-state index in [0.29, 0.717) is 12.4 Å². The summed E-state index contributed by atoms with van der Waals surface area (Å²) in [6.07, 6.45) is 4.24. The molecule has 5 nitrogen and oxygen atoms in total. The molecule has 1 aliphatic rings. The summed E-state index contributed by atoms with van der Waals surface area (Å²) in [7, 11) is -2.95. The summed E-state index contributed by atoms with van der Waals surface area (Å²) < 4.78 is 24.5. The van der Waals surface area contributed by atoms with Crippen LogP contribution in [0.25, 0.3) is 0 Å². The van der Waals surface area contributed by atoms with Gasteiger partial charge in [-0.05, 0) is 25.7 Å². The fourth-order valence-corrected chi connectivity index (χ4v) is 2.91. The molecule has 1 heterocycles. The summed E-state index contributed by atoms with van der Waals surface area (Å²) in [4.78, 5) is 0. The molecule has 1 aliphatic carbocycles. The summed E-state index contributed by atoms with van der Waals surface area (Å²) >= 11 is 0. The van der Waals surface area contributed by atoms with Crippen molar-refractivity contribution in [2.75, 3.05) is 17.2 Å². The Morgan fingerprint density at radius 1 is 1.35 bits per heavy atom. The van der Waals surface area contributed by atoms with Crippen LogP contribution >= 0.6 is 0 Å². The molecule has 0 radical (unpaired) electrons. The average molecular weight is 257 g/mol. The minimum Gasteiger partial charge on any atom is -0.384 e. The summed E-state index contributed by atoms with van der Waals surface area (Å²) in [5.41, 5.74) is 8.19. The zero-order chi connectivity index (χ0) is 12.5. The molecule has 0 aromatic carbocycles. The highest BCUT2D eigenvalue weighted by Gasteiger charge is 2.19. The van der Waals surface area contributed by atoms with E-state index in [2.05, 4.69) is 5.10 Å². The Bertz CT molecular complexity index is 505. The fraction of sp³-hybridized carbons (Fsp3) is 0.727. The van der Waals surface area contributed by atoms with E-state index in [-0.39, 0.29) is 11.5 Å². The molecule has 0 spiro atoms. The lowest BCUT2D eigenvalue weighted by Gasteiger charge is -2.08. The van der Waals surface area contributed by atoms with E-state index in [4.69, 9.17) is 5.73 Å². The van der Waals surface area contributed by atoms with Crippen molar-refractivity contribution in [1.29, 1.82) is 0 Å². The molecule has 0 atom stereocenters. The van der Waals surface area contributed by atoms with Gasteiger partial charge in [-0.2, -0.15) is 5.10 Å². The van der Waals surface area contributed by atoms with Gasteiger partial charge in [0, 0.05) is 11.3 Å². The summed E-state index contributed by atoms with van der Waals surface area (Å²) in [5.74, 6) is 0.952. The van der Waals surface area contributed by atoms with Crippen molar-refractivity contribution in [3.8, 4) is 0 Å². The van der Waals surface area contributed by atoms with Crippen LogP contribution in [0.15, 0.2) is 0 Å². The number of hydrogen-bond acceptors (Lipinski definition) is 4. The molecule has 6 heteroatoms. The summed E-state index contributed by atoms with van der Waals surface area (Å²) in [6, 6.07) is 0. The molecular formula is C11H19N3O2S. The number of anilines is 1. The second kappa shape index (κ2) is 4.68. The van der Waals surface area contributed by atoms with Crippen LogP contribution in [-0.4, -0.2) is 29.7 Å². The van der Waals surface area contributed by atoms with E-state index in [1.165, 1.54) is 0 Å². The van der Waals surface area contributed by atoms with E-state index >= 15 is 0 Å². The number of nitrogens with zero attached hydrogens (tertiary/aromatic N) is 2. The Morgan fingerprint density at radius 3 is 2.71 bits per heavy atom. The van der Waals surface area contributed by atoms with Gasteiger partial charge in [0.1, 0.15) is 5.82 Å². The lowest BCUT2D eigenvalue weighted by molar-refractivity contribution is 0.581. The highest BCUT2D eigenvalue weighted by molar-refractivity contribution is 7.91. The van der Waals surface area contributed by atoms with Crippen LogP contribution in [0.1, 0.15) is 31.0 Å². The maximum atomic E-state index is 11.4. The normalized spacial score (nSPS) is 15.8. The zero-order valence-corrected chi connectivity index (χ0v) is 11.0. The second-order valence-electron chi connectivity index (χ2n) is 4.48. The first-order valence-electron chi connectivity index (χ1n) is 6.08. The number of aryl methyl sites for hydroxylation is 2. The molecular weight excluding hydrogens is 238 g/mol. The van der Waals surface area contributed by atoms with Gasteiger partial charge >= 0.3 is 0 Å². The molecule has 2 N–H and O–H groups in total. The van der Waals surface area contributed by atoms with Crippen molar-refractivity contribution in [1.82, 2.24) is 9.78 Å². The third-order valence-electron chi connectivity index (χ3n) is 3.32. The average Bonchev–Trinajstić information content (AvgIpc) is 2.65. The molecule has 0 saturated heterocycles. The predicted molar refractivity (Wildman–Crippen MR) is 67.6 cm³/mol. The molecule has 96 valence electrons. The third kappa shape index (κ3) is 2.62. The van der Waals surface area contributed by atoms with Crippen molar-refractivity contribution in [3.63, 3.8) is 0 Å². The standard InChI is InChI=1S/C11H19N3O2S/c1-2-17(15,16)8-7-14-11(12)9-5-3-4-6-10(9)13-14/h2-8,12H2,1H3. The summed E-state index contributed by atoms with van der Waals surface area (Å²) in [5, 5.41) is 4.41. The van der Waals surface area contributed by atoms with Gasteiger partial charge < -0.3 is 5.73 Å². The van der Waals surface area contributed by atoms with Crippen LogP contribution in [0.4, 0.5) is 5.82 Å². The van der Waals surface area contributed by atoms with Gasteiger partial charge in [0.05, 0.1) is 18.0 Å². The number of sulfone groups is 1. The highest BCUT2D eigenvalue weighted by atomic mass is 32.2. The zero-order valence-electron chi connectivity index (χ0n) is 10.1. The van der Waals surface area contributed by atoms with Gasteiger partial charge in [0.25, 0.3) is 0 Å². The monoisotopic (exact) mass is 257 g/mol. The fourth-order valence-electron chi connectivity index (χ4n) is 2.17. The Balaban J connectivity index is 2.14. The third-order valence-corrected chi connectivity index (χ3v) is 5.01. The van der Waals surface area contributed by atoms with Crippen molar-refractivity contribution in [2.45, 2.75) is 39.2 Å². The minimum absolute atomic E-state index is 0.119. The minimum atomic E-state index is -2.95. The van der Waals surface area contributed by atoms with Crippen LogP contribution in [0.2, 0.25) is 0 Å². The molecule has 17 heavy (non-hydrogen) atoms. The van der Waals surface area contributed by atoms with E-state index < -0.39 is 9.84 Å². The number of hydrogen-bond donors (Lipinski definition) is 1. The van der Waals surface area contributed by atoms with Gasteiger partial charge in [-0.1, -0.05) is 6.92 Å². The number of rotatable bonds is 4. The number of nitrogen functional groups attached to an aromatic ring is 1. The van der Waals surface area contributed by atoms with Crippen LogP contribution in [0, 0.1) is 0 Å². The van der Waals surface area contributed by atoms with Crippen molar-refractivity contribution >= 4 is 15.7 Å². The van der Waals surface area contributed by atoms with Crippen molar-refractivity contribution in [2.24, 2.45) is 0 Å². The maximum Gasteiger partial charge on any atom is 0.151 e. The predicted octanol–water partition coefficient (Wildman–Crippen LogP) is 0.779. The summed E-state index contributed by atoms with van der Waals surface area (Å²) in [6.45, 7) is 2.03. The lowest BCUT2D eigenvalue weighted by atomic mass is 9.98. The first kappa shape index (κ1) is 12.4. The van der Waals surface area contributed by atoms with E-state index in [1.807, 2.05) is 0 Å². The van der Waals surface area contributed by atoms with E-state index in [1.54, 1.807) is 11.6 Å². The van der Waals surface area contributed by atoms with Gasteiger partial charge in [-0.3, -0.25) is 0 Å². The molecule has 0 saturated carbocycles. The first-order valence-corrected chi connectivity index (χ1v) is 7.90. The van der Waals surface area contributed by atoms with Crippen LogP contribution < -0.4 is 5.73 Å². The second-order valence-corrected chi connectivity index (χ2v) is 6.95. The number of aromatic nitrogens is 2. The molecule has 1 aromatic heterocycles. The Morgan fingerprint density at radius 2 is 2.06 bits per heavy atom. The van der Waals surface area contributed by atoms with Crippen molar-refractivity contribution < 1.29 is 8.42 Å². The first-order chi connectivity index (χ1) is 8.03. The molecule has 2 rings (SSSR count). The molecule has 0 unspecified atom stereocenters. The SMILES string of the molecule is CCS(=O)(=O)CCn1nc2c(c1N)CCCC2. The molecule has 0 aliphatic heterocycles. The van der Waals surface area contributed by atoms with E-state index in [0.717, 1.165) is 36.9 Å². The molecule has 1 aromatic rings. The van der Waals surface area contributed by atoms with E-state index in [9.17, 15) is 8.42 Å². The number of nitrogens with two attached hydrogens (primary N) is 1. The highest BCUT2D eigenvalue weighted by Crippen LogP contribution is 2.25. The molecule has 0 bridgehead atoms. The van der Waals surface area contributed by atoms with Gasteiger partial charge in [0.15, 0.2) is 9.84 Å². The Labute approximate surface area is 102 Å². The van der Waals surface area contributed by atoms with Gasteiger partial charge in [-0.25, -0.2) is 13.1 Å². The number of fused-ring (bicyclic) bond motifs is 1. The largest absolute Gasteiger partial charge is 0.384 e. The quantitative estimate of drug-likeness (QED) is 0.864. The smallest absolute Gasteiger partial charge is 0.151 e. The maximum absolute atomic E-state index is 11.4. The molecule has 0 fully saturated rings.